The van der Waals surface area contributed by atoms with Crippen molar-refractivity contribution in [3.8, 4) is 0 Å². The summed E-state index contributed by atoms with van der Waals surface area (Å²) in [5.41, 5.74) is 0. The van der Waals surface area contributed by atoms with Gasteiger partial charge in [0.15, 0.2) is 0 Å². The summed E-state index contributed by atoms with van der Waals surface area (Å²) in [6.07, 6.45) is 0. The molecule has 0 aliphatic heterocycles. The van der Waals surface area contributed by atoms with E-state index < -0.39 is 85.6 Å². The molecule has 0 spiro atoms. The molecule has 0 atom stereocenters. The van der Waals surface area contributed by atoms with Gasteiger partial charge in [-0.1, -0.05) is 364 Å². The summed E-state index contributed by atoms with van der Waals surface area (Å²) in [5.74, 6) is 0. The van der Waals surface area contributed by atoms with E-state index in [9.17, 15) is 28.8 Å². The fourth-order valence-corrected chi connectivity index (χ4v) is 52.1. The summed E-state index contributed by atoms with van der Waals surface area (Å²) in [6.45, 7) is 14.4. The maximum atomic E-state index is 13.0. The van der Waals surface area contributed by atoms with E-state index in [0.29, 0.717) is 31.1 Å². The molecule has 0 saturated carbocycles. The summed E-state index contributed by atoms with van der Waals surface area (Å²) in [4.78, 5) is 70.6. The molecule has 0 aliphatic carbocycles. The quantitative estimate of drug-likeness (QED) is 0.0296. The minimum absolute atomic E-state index is 0.693. The fourth-order valence-electron chi connectivity index (χ4n) is 12.5. The first-order chi connectivity index (χ1) is 49.2. The minimum atomic E-state index is -3.96. The van der Waals surface area contributed by atoms with Crippen molar-refractivity contribution in [1.82, 2.24) is 0 Å². The Morgan fingerprint density at radius 2 is 0.282 bits per heavy atom. The highest BCUT2D eigenvalue weighted by molar-refractivity contribution is 7.09. The second-order valence-electron chi connectivity index (χ2n) is 26.6. The smallest absolute Gasteiger partial charge is 0.396 e. The third-order valence-electron chi connectivity index (χ3n) is 16.6. The molecule has 12 aromatic carbocycles. The average molecular weight is 1540 g/mol. The summed E-state index contributed by atoms with van der Waals surface area (Å²) in [6, 6.07) is 116. The molecule has 12 aromatic rings. The van der Waals surface area contributed by atoms with E-state index in [4.69, 9.17) is 28.8 Å². The van der Waals surface area contributed by atoms with Gasteiger partial charge in [-0.2, -0.15) is 0 Å². The zero-order valence-electron chi connectivity index (χ0n) is 59.2. The van der Waals surface area contributed by atoms with Gasteiger partial charge in [-0.15, -0.1) is 0 Å². The molecule has 0 saturated heterocycles. The second-order valence-corrected chi connectivity index (χ2v) is 58.3. The van der Waals surface area contributed by atoms with Gasteiger partial charge in [0, 0.05) is 0 Å². The highest BCUT2D eigenvalue weighted by Crippen LogP contribution is 2.27. The molecule has 12 rings (SSSR count). The SMILES string of the molecule is C[Si](C)(O)O[Si](C)(C)O[Si](C)(C)O.C[Si](C)(O[Si](O)(c1ccccc1)c1ccccc1)O[Si](O[Si](O)(c1ccccc1)c1ccccc1)(c1ccccc1)c1ccccc1.O[Si](O[Si](O[Si](O)(c1ccccc1)c1ccccc1)(c1ccccc1)c1ccccc1)(c1ccccc1)c1ccccc1. The lowest BCUT2D eigenvalue weighted by molar-refractivity contribution is 0.292. The van der Waals surface area contributed by atoms with Crippen LogP contribution in [-0.4, -0.2) is 114 Å². The molecule has 6 N–H and O–H groups in total. The van der Waals surface area contributed by atoms with Crippen LogP contribution in [0.1, 0.15) is 0 Å². The van der Waals surface area contributed by atoms with Crippen LogP contribution in [0.15, 0.2) is 364 Å². The lowest BCUT2D eigenvalue weighted by Gasteiger charge is -2.44. The van der Waals surface area contributed by atoms with Crippen LogP contribution < -0.4 is 62.2 Å². The van der Waals surface area contributed by atoms with Crippen molar-refractivity contribution in [3.05, 3.63) is 364 Å². The van der Waals surface area contributed by atoms with E-state index in [1.807, 2.05) is 390 Å². The van der Waals surface area contributed by atoms with Gasteiger partial charge in [0.05, 0.1) is 0 Å². The molecule has 103 heavy (non-hydrogen) atoms. The molecule has 0 heterocycles. The van der Waals surface area contributed by atoms with Crippen LogP contribution in [0.5, 0.6) is 0 Å². The van der Waals surface area contributed by atoms with E-state index in [1.165, 1.54) is 0 Å². The number of hydrogen-bond acceptors (Lipinski definition) is 13. The number of hydrogen-bond donors (Lipinski definition) is 6. The normalized spacial score (nSPS) is 12.6. The van der Waals surface area contributed by atoms with Gasteiger partial charge in [-0.3, -0.25) is 0 Å². The molecular formula is C80H90O13Si10. The predicted molar refractivity (Wildman–Crippen MR) is 438 cm³/mol. The summed E-state index contributed by atoms with van der Waals surface area (Å²) in [7, 11) is -34.2. The first-order valence-electron chi connectivity index (χ1n) is 34.1. The highest BCUT2D eigenvalue weighted by Gasteiger charge is 2.60. The van der Waals surface area contributed by atoms with Crippen LogP contribution in [0, 0.1) is 0 Å². The lowest BCUT2D eigenvalue weighted by Crippen LogP contribution is -2.79. The first kappa shape index (κ1) is 77.9. The van der Waals surface area contributed by atoms with Crippen molar-refractivity contribution in [3.63, 3.8) is 0 Å². The molecule has 13 nitrogen and oxygen atoms in total. The second kappa shape index (κ2) is 34.0. The predicted octanol–water partition coefficient (Wildman–Crippen LogP) is 7.38. The monoisotopic (exact) mass is 1540 g/mol. The molecule has 0 fully saturated rings. The summed E-state index contributed by atoms with van der Waals surface area (Å²) in [5, 5.41) is 8.87. The van der Waals surface area contributed by atoms with Gasteiger partial charge < -0.3 is 57.6 Å². The molecule has 528 valence electrons. The Morgan fingerprint density at radius 3 is 0.437 bits per heavy atom. The van der Waals surface area contributed by atoms with Crippen molar-refractivity contribution in [2.45, 2.75) is 52.4 Å². The molecule has 23 heteroatoms. The molecule has 0 aliphatic rings. The van der Waals surface area contributed by atoms with Crippen LogP contribution in [0.2, 0.25) is 52.4 Å². The van der Waals surface area contributed by atoms with Crippen molar-refractivity contribution in [2.75, 3.05) is 0 Å². The standard InChI is InChI=1S/C38H38O5Si4.C36H32O4Si3.C6H20O4Si3/c1-44(2,41-45(39,33-21-9-3-10-22-33)34-23-11-4-12-24-34)42-47(37-29-17-7-18-30-37,38-31-19-8-20-32-38)43-46(40,35-25-13-5-14-26-35)36-27-15-6-16-28-36;37-41(31-19-7-1-8-20-31,32-21-9-2-10-22-32)39-43(35-27-15-5-16-28-35,36-29-17-6-18-30-36)40-42(38,33-23-11-3-12-24-33)34-25-13-4-14-26-34;1-11(2,7)9-13(5,6)10-12(3,4)8/h3-32,39-40H,1-2H3;1-30,37-38H;7-8H,1-6H3. The lowest BCUT2D eigenvalue weighted by atomic mass is 10.4. The van der Waals surface area contributed by atoms with E-state index in [0.717, 1.165) is 31.1 Å². The largest absolute Gasteiger partial charge is 0.416 e. The van der Waals surface area contributed by atoms with Crippen LogP contribution in [-0.2, 0) is 28.8 Å². The highest BCUT2D eigenvalue weighted by atomic mass is 28.5. The van der Waals surface area contributed by atoms with Crippen molar-refractivity contribution >= 4 is 148 Å². The maximum Gasteiger partial charge on any atom is 0.396 e. The summed E-state index contributed by atoms with van der Waals surface area (Å²) >= 11 is 0. The Morgan fingerprint density at radius 1 is 0.155 bits per heavy atom. The molecule has 0 bridgehead atoms. The van der Waals surface area contributed by atoms with Crippen LogP contribution in [0.3, 0.4) is 0 Å². The van der Waals surface area contributed by atoms with Crippen molar-refractivity contribution in [1.29, 1.82) is 0 Å². The third kappa shape index (κ3) is 19.6. The van der Waals surface area contributed by atoms with Crippen molar-refractivity contribution < 1.29 is 57.6 Å². The molecule has 0 amide bonds. The van der Waals surface area contributed by atoms with Gasteiger partial charge in [-0.25, -0.2) is 0 Å². The molecular weight excluding hydrogens is 1450 g/mol. The van der Waals surface area contributed by atoms with Crippen molar-refractivity contribution in [2.24, 2.45) is 0 Å². The van der Waals surface area contributed by atoms with Crippen LogP contribution >= 0.6 is 0 Å². The zero-order valence-corrected chi connectivity index (χ0v) is 69.2. The summed E-state index contributed by atoms with van der Waals surface area (Å²) < 4.78 is 47.7. The zero-order chi connectivity index (χ0) is 73.3. The van der Waals surface area contributed by atoms with E-state index in [2.05, 4.69) is 0 Å². The van der Waals surface area contributed by atoms with Gasteiger partial charge in [0.2, 0.25) is 0 Å². The van der Waals surface area contributed by atoms with Gasteiger partial charge in [-0.05, 0) is 115 Å². The van der Waals surface area contributed by atoms with Crippen LogP contribution in [0.25, 0.3) is 0 Å². The Bertz CT molecular complexity index is 4150. The van der Waals surface area contributed by atoms with Crippen LogP contribution in [0.4, 0.5) is 0 Å². The molecule has 0 aromatic heterocycles. The number of benzene rings is 12. The molecule has 0 unspecified atom stereocenters. The Labute approximate surface area is 617 Å². The maximum absolute atomic E-state index is 13.0. The number of rotatable bonds is 26. The fraction of sp³-hybridized carbons (Fsp3) is 0.100. The minimum Gasteiger partial charge on any atom is -0.416 e. The Kier molecular flexibility index (Phi) is 25.7. The Balaban J connectivity index is 0.000000190. The Hall–Kier alpha value is -7.71. The van der Waals surface area contributed by atoms with Gasteiger partial charge >= 0.3 is 85.6 Å². The van der Waals surface area contributed by atoms with Gasteiger partial charge in [0.1, 0.15) is 0 Å². The van der Waals surface area contributed by atoms with E-state index >= 15 is 0 Å². The topological polar surface area (TPSA) is 186 Å². The first-order valence-corrected chi connectivity index (χ1v) is 56.5. The third-order valence-corrected chi connectivity index (χ3v) is 51.1. The molecule has 0 radical (unpaired) electrons. The van der Waals surface area contributed by atoms with E-state index in [1.54, 1.807) is 26.2 Å². The average Bonchev–Trinajstić information content (AvgIpc) is 0.736. The van der Waals surface area contributed by atoms with E-state index in [-0.39, 0.29) is 0 Å². The van der Waals surface area contributed by atoms with Gasteiger partial charge in [0.25, 0.3) is 0 Å².